The second-order valence-corrected chi connectivity index (χ2v) is 6.30. The molecule has 4 nitrogen and oxygen atoms in total. The molecule has 0 aromatic rings. The van der Waals surface area contributed by atoms with Gasteiger partial charge in [-0.05, 0) is 13.3 Å². The number of rotatable bonds is 15. The van der Waals surface area contributed by atoms with E-state index in [4.69, 9.17) is 0 Å². The predicted octanol–water partition coefficient (Wildman–Crippen LogP) is 4.77. The fourth-order valence-corrected chi connectivity index (χ4v) is 2.52. The van der Waals surface area contributed by atoms with Crippen LogP contribution in [0.4, 0.5) is 0 Å². The second kappa shape index (κ2) is 13.5. The Morgan fingerprint density at radius 1 is 0.810 bits per heavy atom. The van der Waals surface area contributed by atoms with Gasteiger partial charge in [0.15, 0.2) is 0 Å². The molecule has 21 heavy (non-hydrogen) atoms. The molecule has 0 saturated carbocycles. The Hall–Kier alpha value is -0.160. The first-order valence-corrected chi connectivity index (χ1v) is 9.00. The van der Waals surface area contributed by atoms with Crippen molar-refractivity contribution in [3.63, 3.8) is 0 Å². The van der Waals surface area contributed by atoms with Gasteiger partial charge in [0, 0.05) is 6.42 Å². The highest BCUT2D eigenvalue weighted by Gasteiger charge is 2.13. The Balaban J connectivity index is 3.27. The number of hydroxylamine groups is 4. The molecule has 0 aromatic heterocycles. The Labute approximate surface area is 131 Å². The summed E-state index contributed by atoms with van der Waals surface area (Å²) in [5.74, 6) is 0. The maximum atomic E-state index is 11.3. The molecule has 2 unspecified atom stereocenters. The molecule has 0 fully saturated rings. The molecule has 2 atom stereocenters. The van der Waals surface area contributed by atoms with Crippen LogP contribution in [0.15, 0.2) is 0 Å². The summed E-state index contributed by atoms with van der Waals surface area (Å²) >= 11 is 0. The average molecular weight is 303 g/mol. The van der Waals surface area contributed by atoms with Crippen molar-refractivity contribution >= 4 is 0 Å². The van der Waals surface area contributed by atoms with E-state index in [0.717, 1.165) is 19.3 Å². The molecule has 0 aliphatic carbocycles. The monoisotopic (exact) mass is 303 g/mol. The Morgan fingerprint density at radius 2 is 1.29 bits per heavy atom. The smallest absolute Gasteiger partial charge is 0.111 e. The lowest BCUT2D eigenvalue weighted by molar-refractivity contribution is -1.06. The maximum absolute atomic E-state index is 11.3. The second-order valence-electron chi connectivity index (χ2n) is 6.30. The number of quaternary nitrogens is 1. The number of hydrogen-bond donors (Lipinski definition) is 2. The Morgan fingerprint density at radius 3 is 1.76 bits per heavy atom. The van der Waals surface area contributed by atoms with Crippen LogP contribution in [0.5, 0.6) is 0 Å². The van der Waals surface area contributed by atoms with E-state index in [1.54, 1.807) is 6.92 Å². The largest absolute Gasteiger partial charge is 0.598 e. The van der Waals surface area contributed by atoms with Crippen molar-refractivity contribution in [2.24, 2.45) is 0 Å². The molecule has 0 spiro atoms. The molecule has 0 radical (unpaired) electrons. The zero-order chi connectivity index (χ0) is 16.0. The third kappa shape index (κ3) is 14.5. The van der Waals surface area contributed by atoms with E-state index in [1.807, 2.05) is 0 Å². The number of unbranched alkanes of at least 4 members (excludes halogenated alkanes) is 9. The lowest BCUT2D eigenvalue weighted by atomic mass is 10.0. The molecule has 4 heteroatoms. The summed E-state index contributed by atoms with van der Waals surface area (Å²) in [4.78, 5) is -1.23. The maximum Gasteiger partial charge on any atom is 0.111 e. The van der Waals surface area contributed by atoms with Crippen LogP contribution in [0.25, 0.3) is 0 Å². The average Bonchev–Trinajstić information content (AvgIpc) is 2.47. The first-order valence-electron chi connectivity index (χ1n) is 9.00. The molecule has 0 bridgehead atoms. The molecule has 128 valence electrons. The summed E-state index contributed by atoms with van der Waals surface area (Å²) in [5, 5.41) is 30.4. The third-order valence-corrected chi connectivity index (χ3v) is 4.20. The van der Waals surface area contributed by atoms with Crippen LogP contribution in [0, 0.1) is 5.21 Å². The summed E-state index contributed by atoms with van der Waals surface area (Å²) in [7, 11) is 0. The Bertz CT molecular complexity index is 222. The van der Waals surface area contributed by atoms with Crippen molar-refractivity contribution in [3.05, 3.63) is 5.21 Å². The minimum atomic E-state index is -1.23. The van der Waals surface area contributed by atoms with Crippen LogP contribution < -0.4 is 0 Å². The van der Waals surface area contributed by atoms with Gasteiger partial charge in [0.05, 0.1) is 6.10 Å². The van der Waals surface area contributed by atoms with Crippen molar-refractivity contribution in [2.45, 2.75) is 97.0 Å². The van der Waals surface area contributed by atoms with E-state index in [1.165, 1.54) is 51.4 Å². The quantitative estimate of drug-likeness (QED) is 0.260. The number of aliphatic hydroxyl groups is 1. The lowest BCUT2D eigenvalue weighted by Gasteiger charge is -2.32. The molecule has 0 aliphatic rings. The Kier molecular flexibility index (Phi) is 13.4. The molecule has 0 amide bonds. The standard InChI is InChI=1S/C17H37NO3/c1-3-5-6-7-8-9-10-11-12-13-14-17(19)15-16-18(20,21)4-2/h17,19-20H,3-16H2,1-2H3. The molecule has 0 aliphatic heterocycles. The molecule has 0 saturated heterocycles. The van der Waals surface area contributed by atoms with Crippen LogP contribution in [-0.4, -0.2) is 34.3 Å². The highest BCUT2D eigenvalue weighted by molar-refractivity contribution is 4.56. The van der Waals surface area contributed by atoms with Crippen LogP contribution >= 0.6 is 0 Å². The summed E-state index contributed by atoms with van der Waals surface area (Å²) in [6, 6.07) is 0. The van der Waals surface area contributed by atoms with Gasteiger partial charge in [-0.15, -0.1) is 0 Å². The topological polar surface area (TPSA) is 63.5 Å². The SMILES string of the molecule is CCCCCCCCCCCCC(O)CC[N+]([O-])(O)CC. The van der Waals surface area contributed by atoms with Crippen LogP contribution in [-0.2, 0) is 0 Å². The first-order chi connectivity index (χ1) is 10.0. The predicted molar refractivity (Wildman–Crippen MR) is 87.9 cm³/mol. The molecule has 2 N–H and O–H groups in total. The molecule has 0 rings (SSSR count). The van der Waals surface area contributed by atoms with Crippen molar-refractivity contribution in [2.75, 3.05) is 13.1 Å². The zero-order valence-corrected chi connectivity index (χ0v) is 14.2. The third-order valence-electron chi connectivity index (χ3n) is 4.20. The van der Waals surface area contributed by atoms with Crippen LogP contribution in [0.3, 0.4) is 0 Å². The van der Waals surface area contributed by atoms with Gasteiger partial charge in [0.25, 0.3) is 0 Å². The van der Waals surface area contributed by atoms with Crippen molar-refractivity contribution in [3.8, 4) is 0 Å². The minimum Gasteiger partial charge on any atom is -0.598 e. The van der Waals surface area contributed by atoms with Crippen LogP contribution in [0.2, 0.25) is 0 Å². The molecule has 0 heterocycles. The normalized spacial score (nSPS) is 15.9. The molecule has 0 aromatic carbocycles. The van der Waals surface area contributed by atoms with E-state index in [0.29, 0.717) is 6.42 Å². The van der Waals surface area contributed by atoms with Gasteiger partial charge >= 0.3 is 0 Å². The first kappa shape index (κ1) is 20.8. The fraction of sp³-hybridized carbons (Fsp3) is 1.00. The van der Waals surface area contributed by atoms with E-state index < -0.39 is 10.9 Å². The van der Waals surface area contributed by atoms with Gasteiger partial charge in [-0.3, -0.25) is 0 Å². The minimum absolute atomic E-state index is 0.0927. The van der Waals surface area contributed by atoms with Gasteiger partial charge < -0.3 is 10.3 Å². The van der Waals surface area contributed by atoms with Crippen molar-refractivity contribution in [1.29, 1.82) is 0 Å². The van der Waals surface area contributed by atoms with Gasteiger partial charge in [-0.2, -0.15) is 0 Å². The lowest BCUT2D eigenvalue weighted by Crippen LogP contribution is -2.40. The van der Waals surface area contributed by atoms with Gasteiger partial charge in [0.1, 0.15) is 13.1 Å². The number of hydrogen-bond acceptors (Lipinski definition) is 3. The van der Waals surface area contributed by atoms with E-state index >= 15 is 0 Å². The van der Waals surface area contributed by atoms with Gasteiger partial charge in [-0.25, -0.2) is 10.0 Å². The van der Waals surface area contributed by atoms with Crippen molar-refractivity contribution in [1.82, 2.24) is 0 Å². The van der Waals surface area contributed by atoms with E-state index in [2.05, 4.69) is 6.92 Å². The fourth-order valence-electron chi connectivity index (χ4n) is 2.52. The van der Waals surface area contributed by atoms with Crippen LogP contribution in [0.1, 0.15) is 90.9 Å². The van der Waals surface area contributed by atoms with Gasteiger partial charge in [-0.1, -0.05) is 71.1 Å². The number of aliphatic hydroxyl groups excluding tert-OH is 1. The summed E-state index contributed by atoms with van der Waals surface area (Å²) in [6.45, 7) is 4.13. The molecular formula is C17H37NO3. The summed E-state index contributed by atoms with van der Waals surface area (Å²) in [5.41, 5.74) is 0. The zero-order valence-electron chi connectivity index (χ0n) is 14.2. The number of nitrogens with zero attached hydrogens (tertiary/aromatic N) is 1. The van der Waals surface area contributed by atoms with Crippen molar-refractivity contribution < 1.29 is 15.1 Å². The van der Waals surface area contributed by atoms with E-state index in [9.17, 15) is 15.5 Å². The van der Waals surface area contributed by atoms with E-state index in [-0.39, 0.29) is 13.1 Å². The summed E-state index contributed by atoms with van der Waals surface area (Å²) in [6.07, 6.45) is 13.6. The highest BCUT2D eigenvalue weighted by atomic mass is 16.8. The molecular weight excluding hydrogens is 266 g/mol. The van der Waals surface area contributed by atoms with Gasteiger partial charge in [0.2, 0.25) is 0 Å². The summed E-state index contributed by atoms with van der Waals surface area (Å²) < 4.78 is 0. The highest BCUT2D eigenvalue weighted by Crippen LogP contribution is 2.13.